The van der Waals surface area contributed by atoms with Crippen molar-refractivity contribution in [3.05, 3.63) is 36.0 Å². The van der Waals surface area contributed by atoms with E-state index in [4.69, 9.17) is 4.74 Å². The van der Waals surface area contributed by atoms with E-state index in [0.29, 0.717) is 6.54 Å². The normalized spacial score (nSPS) is 12.8. The first kappa shape index (κ1) is 13.6. The van der Waals surface area contributed by atoms with Crippen molar-refractivity contribution < 1.29 is 9.53 Å². The molecule has 1 aromatic carbocycles. The summed E-state index contributed by atoms with van der Waals surface area (Å²) in [5.74, 6) is -0.0193. The molecule has 0 unspecified atom stereocenters. The quantitative estimate of drug-likeness (QED) is 0.812. The standard InChI is InChI=1S/C15H20N2O2/c1-10(2)14(15(18)19-3)17-9-11-5-4-6-13-12(11)7-8-16-13/h4-8,10,14,16-17H,9H2,1-3H3/t14-/m0/s1. The van der Waals surface area contributed by atoms with Crippen LogP contribution in [0.15, 0.2) is 30.5 Å². The zero-order valence-corrected chi connectivity index (χ0v) is 11.6. The van der Waals surface area contributed by atoms with Crippen LogP contribution in [0, 0.1) is 5.92 Å². The van der Waals surface area contributed by atoms with Crippen LogP contribution in [0.25, 0.3) is 10.9 Å². The Hall–Kier alpha value is -1.81. The molecular weight excluding hydrogens is 240 g/mol. The first-order valence-electron chi connectivity index (χ1n) is 6.49. The van der Waals surface area contributed by atoms with Gasteiger partial charge in [-0.1, -0.05) is 26.0 Å². The highest BCUT2D eigenvalue weighted by Crippen LogP contribution is 2.17. The van der Waals surface area contributed by atoms with Crippen molar-refractivity contribution >= 4 is 16.9 Å². The maximum Gasteiger partial charge on any atom is 0.323 e. The summed E-state index contributed by atoms with van der Waals surface area (Å²) in [6.07, 6.45) is 1.93. The van der Waals surface area contributed by atoms with Gasteiger partial charge in [0.05, 0.1) is 7.11 Å². The fourth-order valence-corrected chi connectivity index (χ4v) is 2.24. The van der Waals surface area contributed by atoms with Gasteiger partial charge in [-0.3, -0.25) is 4.79 Å². The summed E-state index contributed by atoms with van der Waals surface area (Å²) in [7, 11) is 1.42. The number of aromatic nitrogens is 1. The van der Waals surface area contributed by atoms with Gasteiger partial charge in [-0.15, -0.1) is 0 Å². The molecule has 1 atom stereocenters. The molecular formula is C15H20N2O2. The molecule has 0 saturated carbocycles. The molecule has 1 heterocycles. The van der Waals surface area contributed by atoms with E-state index < -0.39 is 0 Å². The van der Waals surface area contributed by atoms with Gasteiger partial charge in [-0.05, 0) is 23.6 Å². The third kappa shape index (κ3) is 2.96. The van der Waals surface area contributed by atoms with Crippen LogP contribution in [0.2, 0.25) is 0 Å². The number of esters is 1. The van der Waals surface area contributed by atoms with Crippen molar-refractivity contribution in [3.8, 4) is 0 Å². The van der Waals surface area contributed by atoms with E-state index in [1.165, 1.54) is 18.1 Å². The molecule has 0 bridgehead atoms. The third-order valence-corrected chi connectivity index (χ3v) is 3.32. The number of benzene rings is 1. The largest absolute Gasteiger partial charge is 0.468 e. The van der Waals surface area contributed by atoms with Crippen molar-refractivity contribution in [2.24, 2.45) is 5.92 Å². The molecule has 1 aromatic heterocycles. The molecule has 0 aliphatic rings. The van der Waals surface area contributed by atoms with E-state index >= 15 is 0 Å². The highest BCUT2D eigenvalue weighted by molar-refractivity contribution is 5.83. The maximum atomic E-state index is 11.7. The number of nitrogens with one attached hydrogen (secondary N) is 2. The van der Waals surface area contributed by atoms with Crippen LogP contribution in [-0.2, 0) is 16.1 Å². The van der Waals surface area contributed by atoms with E-state index in [0.717, 1.165) is 5.52 Å². The lowest BCUT2D eigenvalue weighted by Gasteiger charge is -2.20. The van der Waals surface area contributed by atoms with Crippen LogP contribution in [0.1, 0.15) is 19.4 Å². The summed E-state index contributed by atoms with van der Waals surface area (Å²) in [6, 6.07) is 7.89. The number of carbonyl (C=O) groups is 1. The number of aromatic amines is 1. The zero-order valence-electron chi connectivity index (χ0n) is 11.6. The lowest BCUT2D eigenvalue weighted by atomic mass is 10.0. The van der Waals surface area contributed by atoms with Crippen LogP contribution >= 0.6 is 0 Å². The molecule has 0 fully saturated rings. The van der Waals surface area contributed by atoms with Gasteiger partial charge < -0.3 is 15.0 Å². The van der Waals surface area contributed by atoms with Crippen LogP contribution in [0.4, 0.5) is 0 Å². The summed E-state index contributed by atoms with van der Waals surface area (Å²) in [5, 5.41) is 4.46. The Morgan fingerprint density at radius 2 is 2.16 bits per heavy atom. The second-order valence-corrected chi connectivity index (χ2v) is 4.98. The summed E-state index contributed by atoms with van der Waals surface area (Å²) in [5.41, 5.74) is 2.28. The smallest absolute Gasteiger partial charge is 0.323 e. The molecule has 2 N–H and O–H groups in total. The van der Waals surface area contributed by atoms with Crippen molar-refractivity contribution in [1.82, 2.24) is 10.3 Å². The fraction of sp³-hybridized carbons (Fsp3) is 0.400. The number of rotatable bonds is 5. The van der Waals surface area contributed by atoms with E-state index in [2.05, 4.69) is 22.4 Å². The van der Waals surface area contributed by atoms with Gasteiger partial charge in [-0.25, -0.2) is 0 Å². The minimum Gasteiger partial charge on any atom is -0.468 e. The number of hydrogen-bond donors (Lipinski definition) is 2. The highest BCUT2D eigenvalue weighted by atomic mass is 16.5. The Kier molecular flexibility index (Phi) is 4.22. The van der Waals surface area contributed by atoms with Gasteiger partial charge in [0.25, 0.3) is 0 Å². The first-order valence-corrected chi connectivity index (χ1v) is 6.49. The lowest BCUT2D eigenvalue weighted by molar-refractivity contribution is -0.144. The summed E-state index contributed by atoms with van der Waals surface area (Å²) in [6.45, 7) is 4.66. The molecule has 2 rings (SSSR count). The average molecular weight is 260 g/mol. The van der Waals surface area contributed by atoms with Crippen molar-refractivity contribution in [2.45, 2.75) is 26.4 Å². The third-order valence-electron chi connectivity index (χ3n) is 3.32. The molecule has 0 saturated heterocycles. The van der Waals surface area contributed by atoms with Crippen LogP contribution in [0.3, 0.4) is 0 Å². The summed E-state index contributed by atoms with van der Waals surface area (Å²) >= 11 is 0. The Morgan fingerprint density at radius 1 is 1.37 bits per heavy atom. The Labute approximate surface area is 113 Å². The molecule has 4 heteroatoms. The first-order chi connectivity index (χ1) is 9.13. The van der Waals surface area contributed by atoms with Gasteiger partial charge in [0.15, 0.2) is 0 Å². The van der Waals surface area contributed by atoms with Crippen LogP contribution in [-0.4, -0.2) is 24.1 Å². The number of fused-ring (bicyclic) bond motifs is 1. The number of methoxy groups -OCH3 is 1. The Bertz CT molecular complexity index is 560. The monoisotopic (exact) mass is 260 g/mol. The van der Waals surface area contributed by atoms with E-state index in [9.17, 15) is 4.79 Å². The Balaban J connectivity index is 2.12. The molecule has 0 aliphatic heterocycles. The molecule has 102 valence electrons. The SMILES string of the molecule is COC(=O)[C@@H](NCc1cccc2[nH]ccc12)C(C)C. The Morgan fingerprint density at radius 3 is 2.84 bits per heavy atom. The fourth-order valence-electron chi connectivity index (χ4n) is 2.24. The van der Waals surface area contributed by atoms with Crippen molar-refractivity contribution in [1.29, 1.82) is 0 Å². The molecule has 2 aromatic rings. The number of H-pyrrole nitrogens is 1. The predicted molar refractivity (Wildman–Crippen MR) is 75.8 cm³/mol. The second kappa shape index (κ2) is 5.89. The molecule has 4 nitrogen and oxygen atoms in total. The van der Waals surface area contributed by atoms with Crippen molar-refractivity contribution in [2.75, 3.05) is 7.11 Å². The maximum absolute atomic E-state index is 11.7. The zero-order chi connectivity index (χ0) is 13.8. The van der Waals surface area contributed by atoms with Crippen LogP contribution < -0.4 is 5.32 Å². The highest BCUT2D eigenvalue weighted by Gasteiger charge is 2.22. The van der Waals surface area contributed by atoms with Gasteiger partial charge in [0, 0.05) is 23.6 Å². The lowest BCUT2D eigenvalue weighted by Crippen LogP contribution is -2.41. The predicted octanol–water partition coefficient (Wildman–Crippen LogP) is 2.46. The average Bonchev–Trinajstić information content (AvgIpc) is 2.87. The summed E-state index contributed by atoms with van der Waals surface area (Å²) < 4.78 is 4.83. The van der Waals surface area contributed by atoms with E-state index in [1.54, 1.807) is 0 Å². The second-order valence-electron chi connectivity index (χ2n) is 4.98. The number of ether oxygens (including phenoxy) is 1. The van der Waals surface area contributed by atoms with E-state index in [-0.39, 0.29) is 17.9 Å². The minimum absolute atomic E-state index is 0.192. The van der Waals surface area contributed by atoms with Crippen molar-refractivity contribution in [3.63, 3.8) is 0 Å². The minimum atomic E-state index is -0.279. The van der Waals surface area contributed by atoms with Crippen LogP contribution in [0.5, 0.6) is 0 Å². The van der Waals surface area contributed by atoms with Gasteiger partial charge in [0.1, 0.15) is 6.04 Å². The molecule has 0 aliphatic carbocycles. The number of hydrogen-bond acceptors (Lipinski definition) is 3. The molecule has 19 heavy (non-hydrogen) atoms. The summed E-state index contributed by atoms with van der Waals surface area (Å²) in [4.78, 5) is 14.9. The van der Waals surface area contributed by atoms with E-state index in [1.807, 2.05) is 32.2 Å². The van der Waals surface area contributed by atoms with Gasteiger partial charge in [-0.2, -0.15) is 0 Å². The molecule has 0 spiro atoms. The topological polar surface area (TPSA) is 54.1 Å². The molecule has 0 amide bonds. The van der Waals surface area contributed by atoms with Gasteiger partial charge >= 0.3 is 5.97 Å². The van der Waals surface area contributed by atoms with Gasteiger partial charge in [0.2, 0.25) is 0 Å². The molecule has 0 radical (unpaired) electrons. The number of carbonyl (C=O) groups excluding carboxylic acids is 1.